The van der Waals surface area contributed by atoms with Gasteiger partial charge in [0.2, 0.25) is 17.6 Å². The van der Waals surface area contributed by atoms with Crippen molar-refractivity contribution in [2.75, 3.05) is 26.7 Å². The zero-order valence-electron chi connectivity index (χ0n) is 18.8. The number of aryl methyl sites for hydroxylation is 1. The van der Waals surface area contributed by atoms with Crippen LogP contribution in [0.1, 0.15) is 30.7 Å². The van der Waals surface area contributed by atoms with E-state index in [4.69, 9.17) is 20.9 Å². The fourth-order valence-corrected chi connectivity index (χ4v) is 4.34. The monoisotopic (exact) mass is 468 g/mol. The lowest BCUT2D eigenvalue weighted by Crippen LogP contribution is -2.43. The summed E-state index contributed by atoms with van der Waals surface area (Å²) < 4.78 is 10.6. The SMILES string of the molecule is COc1ccc(CCCNC(=O)C2CCCN(Cc3nc(-c4ccccc4Cl)no3)C2)cc1. The normalized spacial score (nSPS) is 16.5. The van der Waals surface area contributed by atoms with Crippen LogP contribution in [0.15, 0.2) is 53.1 Å². The van der Waals surface area contributed by atoms with Gasteiger partial charge in [-0.25, -0.2) is 0 Å². The summed E-state index contributed by atoms with van der Waals surface area (Å²) in [6, 6.07) is 15.5. The van der Waals surface area contributed by atoms with Gasteiger partial charge in [-0.3, -0.25) is 9.69 Å². The molecule has 3 aromatic rings. The average molecular weight is 469 g/mol. The summed E-state index contributed by atoms with van der Waals surface area (Å²) in [7, 11) is 1.66. The van der Waals surface area contributed by atoms with Gasteiger partial charge >= 0.3 is 0 Å². The van der Waals surface area contributed by atoms with E-state index < -0.39 is 0 Å². The molecule has 1 aliphatic rings. The van der Waals surface area contributed by atoms with Crippen molar-refractivity contribution in [2.45, 2.75) is 32.2 Å². The Morgan fingerprint density at radius 3 is 2.85 bits per heavy atom. The van der Waals surface area contributed by atoms with E-state index in [1.807, 2.05) is 30.3 Å². The molecule has 174 valence electrons. The molecule has 1 N–H and O–H groups in total. The molecule has 1 saturated heterocycles. The number of hydrogen-bond donors (Lipinski definition) is 1. The quantitative estimate of drug-likeness (QED) is 0.470. The minimum absolute atomic E-state index is 0.0225. The van der Waals surface area contributed by atoms with Gasteiger partial charge in [0, 0.05) is 18.7 Å². The standard InChI is InChI=1S/C25H29ClN4O3/c1-32-20-12-10-18(11-13-20)6-4-14-27-25(31)19-7-5-15-30(16-19)17-23-28-24(29-33-23)21-8-2-3-9-22(21)26/h2-3,8-13,19H,4-7,14-17H2,1H3,(H,27,31). The lowest BCUT2D eigenvalue weighted by molar-refractivity contribution is -0.126. The van der Waals surface area contributed by atoms with Crippen molar-refractivity contribution in [1.29, 1.82) is 0 Å². The Kier molecular flexibility index (Phi) is 7.96. The molecule has 0 aliphatic carbocycles. The summed E-state index contributed by atoms with van der Waals surface area (Å²) in [5.74, 6) is 1.97. The maximum absolute atomic E-state index is 12.7. The van der Waals surface area contributed by atoms with E-state index in [0.29, 0.717) is 36.4 Å². The second kappa shape index (κ2) is 11.3. The molecule has 0 saturated carbocycles. The third kappa shape index (κ3) is 6.33. The van der Waals surface area contributed by atoms with E-state index in [1.165, 1.54) is 5.56 Å². The van der Waals surface area contributed by atoms with Gasteiger partial charge in [-0.2, -0.15) is 4.98 Å². The van der Waals surface area contributed by atoms with E-state index in [9.17, 15) is 4.79 Å². The maximum Gasteiger partial charge on any atom is 0.241 e. The number of carbonyl (C=O) groups excluding carboxylic acids is 1. The highest BCUT2D eigenvalue weighted by molar-refractivity contribution is 6.33. The zero-order chi connectivity index (χ0) is 23.0. The molecular formula is C25H29ClN4O3. The Balaban J connectivity index is 1.22. The van der Waals surface area contributed by atoms with Gasteiger partial charge in [-0.1, -0.05) is 41.0 Å². The molecule has 2 aromatic carbocycles. The predicted molar refractivity (Wildman–Crippen MR) is 127 cm³/mol. The Bertz CT molecular complexity index is 1050. The minimum Gasteiger partial charge on any atom is -0.497 e. The van der Waals surface area contributed by atoms with Crippen molar-refractivity contribution in [3.8, 4) is 17.1 Å². The Morgan fingerprint density at radius 1 is 1.24 bits per heavy atom. The highest BCUT2D eigenvalue weighted by Gasteiger charge is 2.26. The Labute approximate surface area is 199 Å². The minimum atomic E-state index is -0.0225. The average Bonchev–Trinajstić information content (AvgIpc) is 3.30. The highest BCUT2D eigenvalue weighted by Crippen LogP contribution is 2.25. The summed E-state index contributed by atoms with van der Waals surface area (Å²) in [5, 5.41) is 7.76. The molecule has 0 spiro atoms. The first-order chi connectivity index (χ1) is 16.1. The van der Waals surface area contributed by atoms with Gasteiger partial charge in [-0.15, -0.1) is 0 Å². The first kappa shape index (κ1) is 23.3. The Hall–Kier alpha value is -2.90. The highest BCUT2D eigenvalue weighted by atomic mass is 35.5. The molecule has 1 unspecified atom stereocenters. The van der Waals surface area contributed by atoms with Crippen LogP contribution in [-0.4, -0.2) is 47.7 Å². The van der Waals surface area contributed by atoms with Crippen LogP contribution in [-0.2, 0) is 17.8 Å². The fraction of sp³-hybridized carbons (Fsp3) is 0.400. The number of benzene rings is 2. The third-order valence-electron chi connectivity index (χ3n) is 5.92. The van der Waals surface area contributed by atoms with Gasteiger partial charge in [-0.05, 0) is 62.1 Å². The molecule has 1 aliphatic heterocycles. The van der Waals surface area contributed by atoms with Crippen LogP contribution >= 0.6 is 11.6 Å². The number of halogens is 1. The van der Waals surface area contributed by atoms with E-state index in [1.54, 1.807) is 13.2 Å². The Morgan fingerprint density at radius 2 is 2.06 bits per heavy atom. The number of nitrogens with zero attached hydrogens (tertiary/aromatic N) is 3. The second-order valence-electron chi connectivity index (χ2n) is 8.31. The fourth-order valence-electron chi connectivity index (χ4n) is 4.12. The number of ether oxygens (including phenoxy) is 1. The van der Waals surface area contributed by atoms with Crippen molar-refractivity contribution in [1.82, 2.24) is 20.4 Å². The van der Waals surface area contributed by atoms with E-state index in [0.717, 1.165) is 43.5 Å². The number of nitrogens with one attached hydrogen (secondary N) is 1. The summed E-state index contributed by atoms with van der Waals surface area (Å²) in [6.07, 6.45) is 3.69. The first-order valence-corrected chi connectivity index (χ1v) is 11.7. The van der Waals surface area contributed by atoms with Gasteiger partial charge in [0.1, 0.15) is 5.75 Å². The summed E-state index contributed by atoms with van der Waals surface area (Å²) in [5.41, 5.74) is 1.99. The molecule has 0 radical (unpaired) electrons. The predicted octanol–water partition coefficient (Wildman–Crippen LogP) is 4.36. The molecular weight excluding hydrogens is 440 g/mol. The summed E-state index contributed by atoms with van der Waals surface area (Å²) >= 11 is 6.23. The lowest BCUT2D eigenvalue weighted by Gasteiger charge is -2.30. The van der Waals surface area contributed by atoms with Crippen LogP contribution in [0.5, 0.6) is 5.75 Å². The first-order valence-electron chi connectivity index (χ1n) is 11.3. The number of rotatable bonds is 9. The van der Waals surface area contributed by atoms with E-state index >= 15 is 0 Å². The number of hydrogen-bond acceptors (Lipinski definition) is 6. The smallest absolute Gasteiger partial charge is 0.241 e. The van der Waals surface area contributed by atoms with Crippen molar-refractivity contribution in [3.63, 3.8) is 0 Å². The van der Waals surface area contributed by atoms with E-state index in [2.05, 4.69) is 32.5 Å². The number of aromatic nitrogens is 2. The van der Waals surface area contributed by atoms with Crippen molar-refractivity contribution >= 4 is 17.5 Å². The third-order valence-corrected chi connectivity index (χ3v) is 6.25. The van der Waals surface area contributed by atoms with Gasteiger partial charge in [0.05, 0.1) is 24.6 Å². The van der Waals surface area contributed by atoms with Crippen LogP contribution in [0.2, 0.25) is 5.02 Å². The molecule has 8 heteroatoms. The number of likely N-dealkylation sites (tertiary alicyclic amines) is 1. The molecule has 1 atom stereocenters. The molecule has 2 heterocycles. The zero-order valence-corrected chi connectivity index (χ0v) is 19.6. The summed E-state index contributed by atoms with van der Waals surface area (Å²) in [6.45, 7) is 2.80. The van der Waals surface area contributed by atoms with E-state index in [-0.39, 0.29) is 11.8 Å². The molecule has 7 nitrogen and oxygen atoms in total. The van der Waals surface area contributed by atoms with Crippen LogP contribution < -0.4 is 10.1 Å². The number of carbonyl (C=O) groups is 1. The van der Waals surface area contributed by atoms with Crippen molar-refractivity contribution in [3.05, 3.63) is 65.0 Å². The van der Waals surface area contributed by atoms with Crippen molar-refractivity contribution < 1.29 is 14.1 Å². The van der Waals surface area contributed by atoms with Gasteiger partial charge < -0.3 is 14.6 Å². The second-order valence-corrected chi connectivity index (χ2v) is 8.72. The van der Waals surface area contributed by atoms with Crippen LogP contribution in [0.25, 0.3) is 11.4 Å². The van der Waals surface area contributed by atoms with Crippen molar-refractivity contribution in [2.24, 2.45) is 5.92 Å². The van der Waals surface area contributed by atoms with Crippen LogP contribution in [0, 0.1) is 5.92 Å². The molecule has 1 fully saturated rings. The number of methoxy groups -OCH3 is 1. The summed E-state index contributed by atoms with van der Waals surface area (Å²) in [4.78, 5) is 19.4. The molecule has 1 aromatic heterocycles. The largest absolute Gasteiger partial charge is 0.497 e. The number of amides is 1. The topological polar surface area (TPSA) is 80.5 Å². The molecule has 33 heavy (non-hydrogen) atoms. The molecule has 4 rings (SSSR count). The van der Waals surface area contributed by atoms with Crippen LogP contribution in [0.4, 0.5) is 0 Å². The van der Waals surface area contributed by atoms with Gasteiger partial charge in [0.15, 0.2) is 0 Å². The molecule has 0 bridgehead atoms. The molecule has 1 amide bonds. The lowest BCUT2D eigenvalue weighted by atomic mass is 9.97. The van der Waals surface area contributed by atoms with Crippen LogP contribution in [0.3, 0.4) is 0 Å². The van der Waals surface area contributed by atoms with Gasteiger partial charge in [0.25, 0.3) is 0 Å². The number of piperidine rings is 1. The maximum atomic E-state index is 12.7.